The number of nitrogens with zero attached hydrogens (tertiary/aromatic N) is 3. The highest BCUT2D eigenvalue weighted by molar-refractivity contribution is 7.86. The molecule has 168 valence electrons. The molecule has 2 heterocycles. The lowest BCUT2D eigenvalue weighted by atomic mass is 9.81. The zero-order valence-corrected chi connectivity index (χ0v) is 19.3. The van der Waals surface area contributed by atoms with Crippen LogP contribution < -0.4 is 0 Å². The summed E-state index contributed by atoms with van der Waals surface area (Å²) in [5.74, 6) is 0.619. The maximum Gasteiger partial charge on any atom is 0.281 e. The number of piperidine rings is 1. The third-order valence-corrected chi connectivity index (χ3v) is 8.95. The Morgan fingerprint density at radius 2 is 1.63 bits per heavy atom. The first-order chi connectivity index (χ1) is 14.5. The second kappa shape index (κ2) is 10.7. The van der Waals surface area contributed by atoms with E-state index in [9.17, 15) is 13.2 Å². The highest BCUT2D eigenvalue weighted by atomic mass is 32.2. The molecule has 0 saturated carbocycles. The summed E-state index contributed by atoms with van der Waals surface area (Å²) < 4.78 is 28.7. The van der Waals surface area contributed by atoms with E-state index in [0.29, 0.717) is 26.2 Å². The fourth-order valence-corrected chi connectivity index (χ4v) is 6.58. The van der Waals surface area contributed by atoms with E-state index in [4.69, 9.17) is 0 Å². The van der Waals surface area contributed by atoms with E-state index in [0.717, 1.165) is 51.6 Å². The van der Waals surface area contributed by atoms with Gasteiger partial charge in [0, 0.05) is 45.2 Å². The Labute approximate surface area is 182 Å². The lowest BCUT2D eigenvalue weighted by Gasteiger charge is -2.37. The number of hydrogen-bond donors (Lipinski definition) is 0. The van der Waals surface area contributed by atoms with E-state index in [1.165, 1.54) is 9.87 Å². The predicted molar refractivity (Wildman–Crippen MR) is 120 cm³/mol. The van der Waals surface area contributed by atoms with Gasteiger partial charge in [-0.3, -0.25) is 4.79 Å². The Bertz CT molecular complexity index is 772. The number of amides is 1. The summed E-state index contributed by atoms with van der Waals surface area (Å²) >= 11 is 0. The summed E-state index contributed by atoms with van der Waals surface area (Å²) in [5.41, 5.74) is 1.26. The van der Waals surface area contributed by atoms with Gasteiger partial charge >= 0.3 is 0 Å². The Balaban J connectivity index is 1.59. The van der Waals surface area contributed by atoms with Crippen molar-refractivity contribution in [3.8, 4) is 0 Å². The van der Waals surface area contributed by atoms with Crippen molar-refractivity contribution in [2.75, 3.05) is 39.3 Å². The fraction of sp³-hybridized carbons (Fsp3) is 0.696. The van der Waals surface area contributed by atoms with Gasteiger partial charge in [0.05, 0.1) is 0 Å². The molecular formula is C23H37N3O3S. The van der Waals surface area contributed by atoms with Gasteiger partial charge < -0.3 is 4.90 Å². The lowest BCUT2D eigenvalue weighted by molar-refractivity contribution is -0.137. The van der Waals surface area contributed by atoms with Crippen molar-refractivity contribution < 1.29 is 13.2 Å². The van der Waals surface area contributed by atoms with Gasteiger partial charge in [-0.25, -0.2) is 0 Å². The summed E-state index contributed by atoms with van der Waals surface area (Å²) in [7, 11) is -3.38. The third-order valence-electron chi connectivity index (χ3n) is 6.76. The molecule has 0 bridgehead atoms. The summed E-state index contributed by atoms with van der Waals surface area (Å²) in [4.78, 5) is 15.4. The van der Waals surface area contributed by atoms with Gasteiger partial charge in [0.1, 0.15) is 0 Å². The second-order valence-corrected chi connectivity index (χ2v) is 10.4. The van der Waals surface area contributed by atoms with Crippen LogP contribution in [0.3, 0.4) is 0 Å². The molecule has 0 aliphatic carbocycles. The average Bonchev–Trinajstić information content (AvgIpc) is 2.95. The molecule has 2 fully saturated rings. The molecule has 0 unspecified atom stereocenters. The van der Waals surface area contributed by atoms with E-state index in [1.54, 1.807) is 4.31 Å². The largest absolute Gasteiger partial charge is 0.342 e. The van der Waals surface area contributed by atoms with E-state index >= 15 is 0 Å². The van der Waals surface area contributed by atoms with Crippen molar-refractivity contribution >= 4 is 16.1 Å². The van der Waals surface area contributed by atoms with Crippen LogP contribution in [0.2, 0.25) is 0 Å². The monoisotopic (exact) mass is 435 g/mol. The molecule has 0 aromatic heterocycles. The fourth-order valence-electron chi connectivity index (χ4n) is 4.93. The van der Waals surface area contributed by atoms with Gasteiger partial charge in [-0.15, -0.1) is 0 Å². The molecule has 0 N–H and O–H groups in total. The number of carbonyl (C=O) groups is 1. The number of benzene rings is 1. The van der Waals surface area contributed by atoms with Crippen LogP contribution in [0.4, 0.5) is 0 Å². The molecular weight excluding hydrogens is 398 g/mol. The second-order valence-electron chi connectivity index (χ2n) is 8.49. The topological polar surface area (TPSA) is 60.9 Å². The molecule has 7 heteroatoms. The van der Waals surface area contributed by atoms with Crippen molar-refractivity contribution in [2.24, 2.45) is 11.8 Å². The molecule has 0 spiro atoms. The van der Waals surface area contributed by atoms with Crippen molar-refractivity contribution in [1.82, 2.24) is 13.5 Å². The first-order valence-electron chi connectivity index (χ1n) is 11.5. The van der Waals surface area contributed by atoms with Gasteiger partial charge in [-0.2, -0.15) is 17.0 Å². The Kier molecular flexibility index (Phi) is 8.31. The van der Waals surface area contributed by atoms with E-state index in [1.807, 2.05) is 32.0 Å². The van der Waals surface area contributed by atoms with Crippen molar-refractivity contribution in [3.05, 3.63) is 35.9 Å². The first kappa shape index (κ1) is 23.2. The van der Waals surface area contributed by atoms with Crippen LogP contribution in [-0.4, -0.2) is 67.1 Å². The zero-order chi connectivity index (χ0) is 21.6. The smallest absolute Gasteiger partial charge is 0.281 e. The number of likely N-dealkylation sites (tertiary alicyclic amines) is 1. The highest BCUT2D eigenvalue weighted by Gasteiger charge is 2.38. The predicted octanol–water partition coefficient (Wildman–Crippen LogP) is 3.16. The summed E-state index contributed by atoms with van der Waals surface area (Å²) in [6.07, 6.45) is 5.53. The molecule has 2 saturated heterocycles. The van der Waals surface area contributed by atoms with Gasteiger partial charge in [-0.05, 0) is 43.6 Å². The molecule has 0 radical (unpaired) electrons. The Hall–Kier alpha value is -1.44. The van der Waals surface area contributed by atoms with E-state index in [-0.39, 0.29) is 17.7 Å². The van der Waals surface area contributed by atoms with Crippen LogP contribution in [0.15, 0.2) is 30.3 Å². The first-order valence-corrected chi connectivity index (χ1v) is 12.9. The van der Waals surface area contributed by atoms with Crippen molar-refractivity contribution in [1.29, 1.82) is 0 Å². The van der Waals surface area contributed by atoms with Crippen LogP contribution in [0, 0.1) is 11.8 Å². The minimum absolute atomic E-state index is 0.0431. The minimum Gasteiger partial charge on any atom is -0.342 e. The summed E-state index contributed by atoms with van der Waals surface area (Å²) in [5, 5.41) is 0. The quantitative estimate of drug-likeness (QED) is 0.630. The molecule has 2 aliphatic rings. The average molecular weight is 436 g/mol. The molecule has 30 heavy (non-hydrogen) atoms. The molecule has 1 aromatic carbocycles. The van der Waals surface area contributed by atoms with Crippen molar-refractivity contribution in [3.63, 3.8) is 0 Å². The zero-order valence-electron chi connectivity index (χ0n) is 18.5. The number of rotatable bonds is 8. The van der Waals surface area contributed by atoms with Crippen molar-refractivity contribution in [2.45, 2.75) is 52.4 Å². The molecule has 6 nitrogen and oxygen atoms in total. The molecule has 1 amide bonds. The Morgan fingerprint density at radius 3 is 2.27 bits per heavy atom. The molecule has 2 aliphatic heterocycles. The van der Waals surface area contributed by atoms with Crippen LogP contribution in [0.25, 0.3) is 0 Å². The normalized spacial score (nSPS) is 22.4. The SMILES string of the molecule is CCN(CC)S(=O)(=O)N1CCC([C@@H]2CCCCN(CCc3ccccc3)C2=O)CC1. The van der Waals surface area contributed by atoms with E-state index < -0.39 is 10.2 Å². The molecule has 3 rings (SSSR count). The highest BCUT2D eigenvalue weighted by Crippen LogP contribution is 2.33. The Morgan fingerprint density at radius 1 is 0.967 bits per heavy atom. The van der Waals surface area contributed by atoms with Gasteiger partial charge in [-0.1, -0.05) is 50.6 Å². The van der Waals surface area contributed by atoms with Gasteiger partial charge in [0.15, 0.2) is 0 Å². The van der Waals surface area contributed by atoms with Crippen LogP contribution >= 0.6 is 0 Å². The minimum atomic E-state index is -3.38. The lowest BCUT2D eigenvalue weighted by Crippen LogP contribution is -2.49. The van der Waals surface area contributed by atoms with Crippen LogP contribution in [-0.2, 0) is 21.4 Å². The van der Waals surface area contributed by atoms with Gasteiger partial charge in [0.25, 0.3) is 10.2 Å². The maximum atomic E-state index is 13.3. The number of carbonyl (C=O) groups excluding carboxylic acids is 1. The molecule has 1 aromatic rings. The van der Waals surface area contributed by atoms with Gasteiger partial charge in [0.2, 0.25) is 5.91 Å². The molecule has 1 atom stereocenters. The number of hydrogen-bond acceptors (Lipinski definition) is 3. The summed E-state index contributed by atoms with van der Waals surface area (Å²) in [6, 6.07) is 10.3. The third kappa shape index (κ3) is 5.42. The summed E-state index contributed by atoms with van der Waals surface area (Å²) in [6.45, 7) is 7.41. The standard InChI is InChI=1S/C23H37N3O3S/c1-3-25(4-2)30(28,29)26-18-14-21(15-19-26)22-12-8-9-16-24(23(22)27)17-13-20-10-6-5-7-11-20/h5-7,10-11,21-22H,3-4,8-9,12-19H2,1-2H3/t22-/m0/s1. The van der Waals surface area contributed by atoms with E-state index in [2.05, 4.69) is 17.0 Å². The van der Waals surface area contributed by atoms with Crippen LogP contribution in [0.5, 0.6) is 0 Å². The van der Waals surface area contributed by atoms with Crippen LogP contribution in [0.1, 0.15) is 51.5 Å². The maximum absolute atomic E-state index is 13.3.